The first-order valence-electron chi connectivity index (χ1n) is 31.2. The largest absolute Gasteiger partial charge is 0.490 e. The zero-order valence-corrected chi connectivity index (χ0v) is 47.1. The standard InChI is InChI=1S/C65H110N4O3/c1-4-7-10-13-16-19-22-25-28-31-34-37-40-43-52-70-60-55-57(62-63(58-48-46-50-66-58)68-69-64(62)59-49-47-51-67-59)56-61(71-53-44-41-38-35-32-29-26-23-20-17-14-11-8-5-2)65(60)72-54-45-42-39-36-33-30-27-24-21-18-15-12-9-6-3/h46-51,55-56,66-67H,4-45,52-54H2,1-3H3,(H,68,69). The van der Waals surface area contributed by atoms with E-state index in [0.717, 1.165) is 70.4 Å². The van der Waals surface area contributed by atoms with Crippen LogP contribution in [0.15, 0.2) is 48.8 Å². The van der Waals surface area contributed by atoms with Gasteiger partial charge in [-0.15, -0.1) is 0 Å². The van der Waals surface area contributed by atoms with Gasteiger partial charge in [0, 0.05) is 18.0 Å². The van der Waals surface area contributed by atoms with Crippen molar-refractivity contribution in [3.8, 4) is 51.2 Å². The Kier molecular flexibility index (Phi) is 36.2. The number of hydrogen-bond acceptors (Lipinski definition) is 4. The molecule has 7 nitrogen and oxygen atoms in total. The molecule has 4 aromatic rings. The molecule has 0 spiro atoms. The molecule has 3 N–H and O–H groups in total. The van der Waals surface area contributed by atoms with Gasteiger partial charge in [-0.25, -0.2) is 0 Å². The molecule has 408 valence electrons. The van der Waals surface area contributed by atoms with Crippen molar-refractivity contribution in [3.05, 3.63) is 48.8 Å². The summed E-state index contributed by atoms with van der Waals surface area (Å²) in [5, 5.41) is 8.28. The molecule has 3 heterocycles. The van der Waals surface area contributed by atoms with Gasteiger partial charge in [0.1, 0.15) is 5.69 Å². The van der Waals surface area contributed by atoms with E-state index in [1.807, 2.05) is 24.5 Å². The average Bonchev–Trinajstić information content (AvgIpc) is 4.22. The Balaban J connectivity index is 1.38. The third-order valence-electron chi connectivity index (χ3n) is 15.1. The number of nitrogens with zero attached hydrogens (tertiary/aromatic N) is 1. The predicted molar refractivity (Wildman–Crippen MR) is 311 cm³/mol. The highest BCUT2D eigenvalue weighted by Gasteiger charge is 2.24. The number of hydrogen-bond donors (Lipinski definition) is 3. The number of rotatable bonds is 51. The number of ether oxygens (including phenoxy) is 3. The van der Waals surface area contributed by atoms with Gasteiger partial charge in [-0.2, -0.15) is 5.10 Å². The minimum Gasteiger partial charge on any atom is -0.490 e. The SMILES string of the molecule is CCCCCCCCCCCCCCCCOc1cc(-c2c(-c3ccc[nH]3)n[nH]c2-c2ccc[nH]2)cc(OCCCCCCCCCCCCCCCC)c1OCCCCCCCCCCCCCCCC. The summed E-state index contributed by atoms with van der Waals surface area (Å²) in [6.45, 7) is 8.89. The van der Waals surface area contributed by atoms with Crippen LogP contribution >= 0.6 is 0 Å². The van der Waals surface area contributed by atoms with Crippen molar-refractivity contribution in [1.82, 2.24) is 20.2 Å². The molecule has 72 heavy (non-hydrogen) atoms. The van der Waals surface area contributed by atoms with E-state index in [9.17, 15) is 0 Å². The molecule has 0 saturated carbocycles. The Morgan fingerprint density at radius 1 is 0.361 bits per heavy atom. The number of benzene rings is 1. The van der Waals surface area contributed by atoms with Gasteiger partial charge in [0.15, 0.2) is 11.5 Å². The fraction of sp³-hybridized carbons (Fsp3) is 0.738. The van der Waals surface area contributed by atoms with Crippen LogP contribution in [0.25, 0.3) is 33.9 Å². The van der Waals surface area contributed by atoms with E-state index in [4.69, 9.17) is 19.3 Å². The van der Waals surface area contributed by atoms with E-state index in [1.165, 1.54) is 250 Å². The van der Waals surface area contributed by atoms with Crippen molar-refractivity contribution in [2.24, 2.45) is 0 Å². The second kappa shape index (κ2) is 42.7. The Bertz CT molecular complexity index is 1670. The van der Waals surface area contributed by atoms with E-state index >= 15 is 0 Å². The lowest BCUT2D eigenvalue weighted by molar-refractivity contribution is 0.234. The molecule has 0 fully saturated rings. The molecule has 0 unspecified atom stereocenters. The van der Waals surface area contributed by atoms with Crippen LogP contribution in [0.5, 0.6) is 17.2 Å². The lowest BCUT2D eigenvalue weighted by Gasteiger charge is -2.19. The van der Waals surface area contributed by atoms with Gasteiger partial charge in [-0.1, -0.05) is 271 Å². The fourth-order valence-corrected chi connectivity index (χ4v) is 10.5. The van der Waals surface area contributed by atoms with E-state index in [1.54, 1.807) is 0 Å². The monoisotopic (exact) mass is 995 g/mol. The van der Waals surface area contributed by atoms with Crippen LogP contribution in [0.1, 0.15) is 290 Å². The summed E-state index contributed by atoms with van der Waals surface area (Å²) in [5.41, 5.74) is 5.79. The fourth-order valence-electron chi connectivity index (χ4n) is 10.5. The number of aromatic amines is 3. The number of nitrogens with one attached hydrogen (secondary N) is 3. The zero-order chi connectivity index (χ0) is 50.6. The summed E-state index contributed by atoms with van der Waals surface area (Å²) in [7, 11) is 0. The van der Waals surface area contributed by atoms with Crippen LogP contribution in [0.3, 0.4) is 0 Å². The first-order valence-corrected chi connectivity index (χ1v) is 31.2. The molecule has 0 aliphatic heterocycles. The maximum Gasteiger partial charge on any atom is 0.203 e. The smallest absolute Gasteiger partial charge is 0.203 e. The zero-order valence-electron chi connectivity index (χ0n) is 47.1. The minimum atomic E-state index is 0.660. The van der Waals surface area contributed by atoms with Crippen LogP contribution in [0.2, 0.25) is 0 Å². The first kappa shape index (κ1) is 60.9. The maximum absolute atomic E-state index is 6.84. The van der Waals surface area contributed by atoms with Gasteiger partial charge in [0.05, 0.1) is 36.9 Å². The number of unbranched alkanes of at least 4 members (excludes halogenated alkanes) is 39. The number of aromatic nitrogens is 4. The molecular formula is C65H110N4O3. The van der Waals surface area contributed by atoms with E-state index in [0.29, 0.717) is 19.8 Å². The van der Waals surface area contributed by atoms with Crippen LogP contribution in [0.4, 0.5) is 0 Å². The van der Waals surface area contributed by atoms with Crippen LogP contribution in [-0.4, -0.2) is 40.0 Å². The highest BCUT2D eigenvalue weighted by Crippen LogP contribution is 2.46. The van der Waals surface area contributed by atoms with Crippen molar-refractivity contribution >= 4 is 0 Å². The van der Waals surface area contributed by atoms with E-state index in [2.05, 4.69) is 60.1 Å². The van der Waals surface area contributed by atoms with E-state index < -0.39 is 0 Å². The molecular weight excluding hydrogens is 885 g/mol. The molecule has 4 rings (SSSR count). The lowest BCUT2D eigenvalue weighted by Crippen LogP contribution is -2.07. The highest BCUT2D eigenvalue weighted by atomic mass is 16.5. The van der Waals surface area contributed by atoms with Gasteiger partial charge in [0.2, 0.25) is 5.75 Å². The molecule has 0 aliphatic rings. The summed E-state index contributed by atoms with van der Waals surface area (Å²) in [6, 6.07) is 12.6. The predicted octanol–water partition coefficient (Wildman–Crippen LogP) is 21.6. The van der Waals surface area contributed by atoms with Crippen molar-refractivity contribution in [2.75, 3.05) is 19.8 Å². The molecule has 0 saturated heterocycles. The Labute approximate surface area is 442 Å². The summed E-state index contributed by atoms with van der Waals surface area (Å²) >= 11 is 0. The molecule has 0 bridgehead atoms. The molecule has 0 atom stereocenters. The maximum atomic E-state index is 6.84. The van der Waals surface area contributed by atoms with Crippen molar-refractivity contribution in [3.63, 3.8) is 0 Å². The van der Waals surface area contributed by atoms with Gasteiger partial charge in [-0.05, 0) is 61.2 Å². The minimum absolute atomic E-state index is 0.660. The average molecular weight is 996 g/mol. The normalized spacial score (nSPS) is 11.5. The number of H-pyrrole nitrogens is 3. The van der Waals surface area contributed by atoms with Crippen molar-refractivity contribution < 1.29 is 14.2 Å². The topological polar surface area (TPSA) is 88.0 Å². The Morgan fingerprint density at radius 2 is 0.667 bits per heavy atom. The summed E-state index contributed by atoms with van der Waals surface area (Å²) in [6.07, 6.45) is 60.2. The highest BCUT2D eigenvalue weighted by molar-refractivity contribution is 5.91. The third kappa shape index (κ3) is 27.1. The molecule has 7 heteroatoms. The van der Waals surface area contributed by atoms with Gasteiger partial charge < -0.3 is 24.2 Å². The van der Waals surface area contributed by atoms with Crippen LogP contribution < -0.4 is 14.2 Å². The van der Waals surface area contributed by atoms with Crippen LogP contribution in [0, 0.1) is 0 Å². The van der Waals surface area contributed by atoms with Crippen LogP contribution in [-0.2, 0) is 0 Å². The third-order valence-corrected chi connectivity index (χ3v) is 15.1. The molecule has 0 radical (unpaired) electrons. The van der Waals surface area contributed by atoms with E-state index in [-0.39, 0.29) is 0 Å². The molecule has 3 aromatic heterocycles. The Hall–Kier alpha value is -3.61. The molecule has 0 amide bonds. The van der Waals surface area contributed by atoms with Gasteiger partial charge in [0.25, 0.3) is 0 Å². The van der Waals surface area contributed by atoms with Gasteiger partial charge >= 0.3 is 0 Å². The summed E-state index contributed by atoms with van der Waals surface area (Å²) < 4.78 is 20.5. The van der Waals surface area contributed by atoms with Gasteiger partial charge in [-0.3, -0.25) is 5.10 Å². The summed E-state index contributed by atoms with van der Waals surface area (Å²) in [5.74, 6) is 2.31. The molecule has 1 aromatic carbocycles. The second-order valence-corrected chi connectivity index (χ2v) is 21.6. The Morgan fingerprint density at radius 3 is 0.986 bits per heavy atom. The first-order chi connectivity index (χ1) is 35.8. The summed E-state index contributed by atoms with van der Waals surface area (Å²) in [4.78, 5) is 6.85. The lowest BCUT2D eigenvalue weighted by atomic mass is 9.99. The molecule has 0 aliphatic carbocycles. The van der Waals surface area contributed by atoms with Crippen molar-refractivity contribution in [1.29, 1.82) is 0 Å². The second-order valence-electron chi connectivity index (χ2n) is 21.6. The van der Waals surface area contributed by atoms with Crippen molar-refractivity contribution in [2.45, 2.75) is 290 Å². The quantitative estimate of drug-likeness (QED) is 0.0385.